The number of amides is 1. The molecule has 4 N–H and O–H groups in total. The van der Waals surface area contributed by atoms with Crippen LogP contribution in [0.3, 0.4) is 0 Å². The Kier molecular flexibility index (Phi) is 7.06. The summed E-state index contributed by atoms with van der Waals surface area (Å²) < 4.78 is 0. The molecule has 0 spiro atoms. The highest BCUT2D eigenvalue weighted by atomic mass is 35.5. The van der Waals surface area contributed by atoms with E-state index in [-0.39, 0.29) is 35.2 Å². The second-order valence-corrected chi connectivity index (χ2v) is 10.2. The van der Waals surface area contributed by atoms with Crippen LogP contribution in [0.4, 0.5) is 5.69 Å². The van der Waals surface area contributed by atoms with E-state index in [0.717, 1.165) is 18.4 Å². The van der Waals surface area contributed by atoms with E-state index in [4.69, 9.17) is 22.4 Å². The lowest BCUT2D eigenvalue weighted by molar-refractivity contribution is -0.123. The summed E-state index contributed by atoms with van der Waals surface area (Å²) in [5.41, 5.74) is 7.73. The van der Waals surface area contributed by atoms with Gasteiger partial charge in [-0.3, -0.25) is 9.79 Å². The zero-order valence-corrected chi connectivity index (χ0v) is 19.6. The van der Waals surface area contributed by atoms with E-state index >= 15 is 0 Å². The van der Waals surface area contributed by atoms with Crippen molar-refractivity contribution in [3.63, 3.8) is 0 Å². The Labute approximate surface area is 189 Å². The number of amidine groups is 1. The van der Waals surface area contributed by atoms with Gasteiger partial charge in [0.15, 0.2) is 0 Å². The number of rotatable bonds is 8. The maximum absolute atomic E-state index is 13.3. The highest BCUT2D eigenvalue weighted by Crippen LogP contribution is 2.62. The number of benzene rings is 1. The average Bonchev–Trinajstić information content (AvgIpc) is 3.19. The fourth-order valence-corrected chi connectivity index (χ4v) is 5.43. The van der Waals surface area contributed by atoms with Crippen molar-refractivity contribution in [2.24, 2.45) is 37.7 Å². The lowest BCUT2D eigenvalue weighted by atomic mass is 9.68. The number of nitrogens with one attached hydrogen (secondary N) is 1. The van der Waals surface area contributed by atoms with Gasteiger partial charge in [0, 0.05) is 24.2 Å². The van der Waals surface area contributed by atoms with Crippen LogP contribution in [-0.2, 0) is 4.79 Å². The molecule has 3 rings (SSSR count). The Balaban J connectivity index is 1.83. The lowest BCUT2D eigenvalue weighted by Gasteiger charge is -2.43. The van der Waals surface area contributed by atoms with Crippen LogP contribution in [0.15, 0.2) is 33.4 Å². The molecule has 1 aromatic carbocycles. The second kappa shape index (κ2) is 9.25. The van der Waals surface area contributed by atoms with E-state index in [1.54, 1.807) is 18.2 Å². The van der Waals surface area contributed by atoms with E-state index in [1.165, 1.54) is 6.42 Å². The van der Waals surface area contributed by atoms with Gasteiger partial charge < -0.3 is 16.2 Å². The maximum Gasteiger partial charge on any atom is 0.254 e. The first-order chi connectivity index (χ1) is 14.6. The molecule has 7 nitrogen and oxygen atoms in total. The fourth-order valence-electron chi connectivity index (χ4n) is 5.31. The molecule has 0 saturated heterocycles. The molecule has 0 radical (unpaired) electrons. The molecule has 0 aliphatic heterocycles. The van der Waals surface area contributed by atoms with Gasteiger partial charge in [-0.15, -0.1) is 0 Å². The fraction of sp³-hybridized carbons (Fsp3) is 0.652. The van der Waals surface area contributed by atoms with Crippen LogP contribution in [0.5, 0.6) is 0 Å². The SMILES string of the molecule is Cc1cc(/N=N/C(C(=O)NC2C3(C)CCC(C3)C2(C)C)/C(N)=N/CCCO)ccc1Cl. The normalized spacial score (nSPS) is 28.3. The zero-order chi connectivity index (χ0) is 22.8. The third kappa shape index (κ3) is 4.93. The Morgan fingerprint density at radius 3 is 2.74 bits per heavy atom. The molecule has 1 amide bonds. The molecule has 1 aromatic rings. The summed E-state index contributed by atoms with van der Waals surface area (Å²) in [7, 11) is 0. The zero-order valence-electron chi connectivity index (χ0n) is 18.9. The number of nitrogens with zero attached hydrogens (tertiary/aromatic N) is 3. The number of aliphatic hydroxyl groups is 1. The van der Waals surface area contributed by atoms with E-state index in [9.17, 15) is 4.79 Å². The molecule has 4 unspecified atom stereocenters. The van der Waals surface area contributed by atoms with Crippen LogP contribution < -0.4 is 11.1 Å². The van der Waals surface area contributed by atoms with Gasteiger partial charge in [0.25, 0.3) is 5.91 Å². The van der Waals surface area contributed by atoms with Gasteiger partial charge in [-0.05, 0) is 73.1 Å². The number of hydrogen-bond donors (Lipinski definition) is 3. The summed E-state index contributed by atoms with van der Waals surface area (Å²) in [6.07, 6.45) is 3.92. The molecule has 0 heterocycles. The molecular formula is C23H34ClN5O2. The van der Waals surface area contributed by atoms with Crippen LogP contribution >= 0.6 is 11.6 Å². The molecule has 4 atom stereocenters. The van der Waals surface area contributed by atoms with E-state index in [1.807, 2.05) is 6.92 Å². The summed E-state index contributed by atoms with van der Waals surface area (Å²) in [6.45, 7) is 8.95. The predicted molar refractivity (Wildman–Crippen MR) is 124 cm³/mol. The number of carbonyl (C=O) groups excluding carboxylic acids is 1. The number of halogens is 1. The number of azo groups is 1. The minimum atomic E-state index is -1.02. The number of aryl methyl sites for hydroxylation is 1. The summed E-state index contributed by atoms with van der Waals surface area (Å²) in [4.78, 5) is 17.6. The topological polar surface area (TPSA) is 112 Å². The molecule has 170 valence electrons. The van der Waals surface area contributed by atoms with Gasteiger partial charge in [-0.1, -0.05) is 32.4 Å². The van der Waals surface area contributed by atoms with Crippen molar-refractivity contribution in [2.45, 2.75) is 65.5 Å². The van der Waals surface area contributed by atoms with Crippen LogP contribution in [0, 0.1) is 23.7 Å². The summed E-state index contributed by atoms with van der Waals surface area (Å²) in [5, 5.41) is 21.4. The van der Waals surface area contributed by atoms with Gasteiger partial charge >= 0.3 is 0 Å². The van der Waals surface area contributed by atoms with Gasteiger partial charge in [-0.25, -0.2) is 0 Å². The van der Waals surface area contributed by atoms with Crippen molar-refractivity contribution in [1.29, 1.82) is 0 Å². The molecule has 8 heteroatoms. The molecule has 2 aliphatic carbocycles. The Morgan fingerprint density at radius 1 is 1.39 bits per heavy atom. The van der Waals surface area contributed by atoms with Crippen molar-refractivity contribution in [3.8, 4) is 0 Å². The van der Waals surface area contributed by atoms with Gasteiger partial charge in [-0.2, -0.15) is 10.2 Å². The minimum Gasteiger partial charge on any atom is -0.396 e. The predicted octanol–water partition coefficient (Wildman–Crippen LogP) is 4.17. The average molecular weight is 448 g/mol. The first-order valence-corrected chi connectivity index (χ1v) is 11.3. The first-order valence-electron chi connectivity index (χ1n) is 11.0. The quantitative estimate of drug-likeness (QED) is 0.240. The standard InChI is InChI=1S/C23H34ClN5O2/c1-14-12-16(6-7-17(14)24)28-29-18(19(25)26-10-5-11-30)20(31)27-21-22(2,3)15-8-9-23(21,4)13-15/h6-7,12,15,18,21,30H,5,8-11,13H2,1-4H3,(H2,25,26)(H,27,31)/b29-28+. The van der Waals surface area contributed by atoms with Gasteiger partial charge in [0.1, 0.15) is 5.84 Å². The van der Waals surface area contributed by atoms with Gasteiger partial charge in [0.2, 0.25) is 6.04 Å². The first kappa shape index (κ1) is 23.7. The highest BCUT2D eigenvalue weighted by Gasteiger charge is 2.60. The Hall–Kier alpha value is -1.99. The number of aliphatic hydroxyl groups excluding tert-OH is 1. The molecular weight excluding hydrogens is 414 g/mol. The second-order valence-electron chi connectivity index (χ2n) is 9.79. The Morgan fingerprint density at radius 2 is 2.13 bits per heavy atom. The molecule has 2 saturated carbocycles. The smallest absolute Gasteiger partial charge is 0.254 e. The third-order valence-electron chi connectivity index (χ3n) is 7.13. The van der Waals surface area contributed by atoms with Crippen molar-refractivity contribution in [3.05, 3.63) is 28.8 Å². The number of nitrogens with two attached hydrogens (primary N) is 1. The molecule has 31 heavy (non-hydrogen) atoms. The van der Waals surface area contributed by atoms with Crippen molar-refractivity contribution >= 4 is 29.0 Å². The van der Waals surface area contributed by atoms with Crippen LogP contribution in [-0.4, -0.2) is 42.1 Å². The largest absolute Gasteiger partial charge is 0.396 e. The molecule has 2 bridgehead atoms. The van der Waals surface area contributed by atoms with Crippen LogP contribution in [0.2, 0.25) is 5.02 Å². The monoisotopic (exact) mass is 447 g/mol. The van der Waals surface area contributed by atoms with Crippen LogP contribution in [0.25, 0.3) is 0 Å². The molecule has 2 aliphatic rings. The number of aliphatic imine (C=N–C) groups is 1. The van der Waals surface area contributed by atoms with Crippen molar-refractivity contribution in [2.75, 3.05) is 13.2 Å². The van der Waals surface area contributed by atoms with Crippen LogP contribution in [0.1, 0.15) is 52.0 Å². The maximum atomic E-state index is 13.3. The lowest BCUT2D eigenvalue weighted by Crippen LogP contribution is -2.56. The number of carbonyl (C=O) groups is 1. The van der Waals surface area contributed by atoms with E-state index in [0.29, 0.717) is 29.6 Å². The third-order valence-corrected chi connectivity index (χ3v) is 7.55. The van der Waals surface area contributed by atoms with E-state index in [2.05, 4.69) is 41.3 Å². The summed E-state index contributed by atoms with van der Waals surface area (Å²) >= 11 is 6.09. The van der Waals surface area contributed by atoms with E-state index < -0.39 is 6.04 Å². The highest BCUT2D eigenvalue weighted by molar-refractivity contribution is 6.31. The van der Waals surface area contributed by atoms with Crippen molar-refractivity contribution < 1.29 is 9.90 Å². The van der Waals surface area contributed by atoms with Gasteiger partial charge in [0.05, 0.1) is 5.69 Å². The Bertz CT molecular complexity index is 880. The molecule has 2 fully saturated rings. The minimum absolute atomic E-state index is 0.00915. The number of hydrogen-bond acceptors (Lipinski definition) is 5. The number of fused-ring (bicyclic) bond motifs is 2. The molecule has 0 aromatic heterocycles. The summed E-state index contributed by atoms with van der Waals surface area (Å²) in [5.74, 6) is 0.425. The van der Waals surface area contributed by atoms with Crippen molar-refractivity contribution in [1.82, 2.24) is 5.32 Å². The summed E-state index contributed by atoms with van der Waals surface area (Å²) in [6, 6.07) is 4.32.